The molecule has 0 fully saturated rings. The van der Waals surface area contributed by atoms with Gasteiger partial charge in [0.2, 0.25) is 0 Å². The lowest BCUT2D eigenvalue weighted by molar-refractivity contribution is 0.960. The summed E-state index contributed by atoms with van der Waals surface area (Å²) in [5, 5.41) is 4.06. The molecule has 92 valence electrons. The maximum absolute atomic E-state index is 4.21. The summed E-state index contributed by atoms with van der Waals surface area (Å²) in [4.78, 5) is 8.36. The third kappa shape index (κ3) is 2.74. The van der Waals surface area contributed by atoms with Crippen molar-refractivity contribution in [2.75, 3.05) is 0 Å². The quantitative estimate of drug-likeness (QED) is 0.669. The summed E-state index contributed by atoms with van der Waals surface area (Å²) in [6, 6.07) is 9.81. The number of hydrogen-bond donors (Lipinski definition) is 0. The molecule has 0 aliphatic heterocycles. The molecule has 0 radical (unpaired) electrons. The number of fused-ring (bicyclic) bond motifs is 1. The van der Waals surface area contributed by atoms with E-state index in [2.05, 4.69) is 15.1 Å². The van der Waals surface area contributed by atoms with Crippen molar-refractivity contribution in [2.45, 2.75) is 0 Å². The molecule has 0 aromatic carbocycles. The van der Waals surface area contributed by atoms with Gasteiger partial charge in [0, 0.05) is 12.4 Å². The maximum Gasteiger partial charge on any atom is 0.155 e. The normalized spacial score (nSPS) is 11.8. The molecular formula is C15H12N4. The molecule has 0 N–H and O–H groups in total. The molecular weight excluding hydrogens is 236 g/mol. The predicted molar refractivity (Wildman–Crippen MR) is 75.3 cm³/mol. The molecule has 0 amide bonds. The molecule has 0 spiro atoms. The van der Waals surface area contributed by atoms with Crippen LogP contribution < -0.4 is 0 Å². The van der Waals surface area contributed by atoms with E-state index in [0.29, 0.717) is 0 Å². The topological polar surface area (TPSA) is 43.1 Å². The number of pyridine rings is 2. The summed E-state index contributed by atoms with van der Waals surface area (Å²) >= 11 is 0. The van der Waals surface area contributed by atoms with Gasteiger partial charge in [-0.05, 0) is 35.9 Å². The minimum absolute atomic E-state index is 0.843. The van der Waals surface area contributed by atoms with Crippen LogP contribution in [0.5, 0.6) is 0 Å². The van der Waals surface area contributed by atoms with Gasteiger partial charge in [-0.2, -0.15) is 5.10 Å². The number of aromatic nitrogens is 4. The zero-order valence-corrected chi connectivity index (χ0v) is 10.2. The fourth-order valence-corrected chi connectivity index (χ4v) is 1.73. The molecule has 0 saturated carbocycles. The van der Waals surface area contributed by atoms with Gasteiger partial charge in [-0.15, -0.1) is 0 Å². The Morgan fingerprint density at radius 3 is 2.84 bits per heavy atom. The number of allylic oxidation sites excluding steroid dienone is 2. The van der Waals surface area contributed by atoms with Gasteiger partial charge < -0.3 is 0 Å². The van der Waals surface area contributed by atoms with Crippen molar-refractivity contribution in [3.63, 3.8) is 0 Å². The average molecular weight is 248 g/mol. The lowest BCUT2D eigenvalue weighted by Gasteiger charge is -1.93. The van der Waals surface area contributed by atoms with E-state index in [4.69, 9.17) is 0 Å². The minimum Gasteiger partial charge on any atom is -0.257 e. The summed E-state index contributed by atoms with van der Waals surface area (Å²) in [6.45, 7) is 0. The lowest BCUT2D eigenvalue weighted by Crippen LogP contribution is -1.85. The van der Waals surface area contributed by atoms with Gasteiger partial charge in [0.1, 0.15) is 6.33 Å². The van der Waals surface area contributed by atoms with Crippen LogP contribution in [-0.2, 0) is 0 Å². The van der Waals surface area contributed by atoms with Crippen LogP contribution in [0.3, 0.4) is 0 Å². The van der Waals surface area contributed by atoms with Gasteiger partial charge >= 0.3 is 0 Å². The molecule has 4 nitrogen and oxygen atoms in total. The maximum atomic E-state index is 4.21. The zero-order valence-electron chi connectivity index (χ0n) is 10.2. The molecule has 0 saturated heterocycles. The van der Waals surface area contributed by atoms with Gasteiger partial charge in [0.25, 0.3) is 0 Å². The van der Waals surface area contributed by atoms with E-state index < -0.39 is 0 Å². The van der Waals surface area contributed by atoms with Gasteiger partial charge in [0.15, 0.2) is 5.65 Å². The highest BCUT2D eigenvalue weighted by Crippen LogP contribution is 2.06. The van der Waals surface area contributed by atoms with Crippen molar-refractivity contribution in [2.24, 2.45) is 0 Å². The van der Waals surface area contributed by atoms with Gasteiger partial charge in [0.05, 0.1) is 5.69 Å². The van der Waals surface area contributed by atoms with Crippen LogP contribution in [0.15, 0.2) is 61.2 Å². The summed E-state index contributed by atoms with van der Waals surface area (Å²) < 4.78 is 1.74. The van der Waals surface area contributed by atoms with Crippen molar-refractivity contribution in [1.82, 2.24) is 19.6 Å². The third-order valence-electron chi connectivity index (χ3n) is 2.66. The van der Waals surface area contributed by atoms with E-state index in [0.717, 1.165) is 16.9 Å². The van der Waals surface area contributed by atoms with E-state index in [1.807, 2.05) is 60.8 Å². The smallest absolute Gasteiger partial charge is 0.155 e. The summed E-state index contributed by atoms with van der Waals surface area (Å²) in [6.07, 6.45) is 13.2. The van der Waals surface area contributed by atoms with Crippen LogP contribution in [0.1, 0.15) is 11.3 Å². The molecule has 0 bridgehead atoms. The molecule has 3 rings (SSSR count). The Balaban J connectivity index is 1.73. The second-order valence-electron chi connectivity index (χ2n) is 4.00. The SMILES string of the molecule is C(C=Cc1ccccn1)=Cc1ccn2ncnc2c1. The standard InChI is InChI=1S/C15H12N4/c1(2-6-14-7-3-4-9-16-14)5-13-8-10-19-15(11-13)17-12-18-19/h1-12H. The Kier molecular flexibility index (Phi) is 3.14. The van der Waals surface area contributed by atoms with Crippen LogP contribution in [0.4, 0.5) is 0 Å². The van der Waals surface area contributed by atoms with Crippen molar-refractivity contribution in [3.05, 3.63) is 72.5 Å². The molecule has 4 heteroatoms. The minimum atomic E-state index is 0.843. The Morgan fingerprint density at radius 1 is 1.00 bits per heavy atom. The van der Waals surface area contributed by atoms with E-state index >= 15 is 0 Å². The second-order valence-corrected chi connectivity index (χ2v) is 4.00. The first kappa shape index (κ1) is 11.3. The molecule has 3 heterocycles. The van der Waals surface area contributed by atoms with E-state index in [1.54, 1.807) is 17.0 Å². The summed E-state index contributed by atoms with van der Waals surface area (Å²) in [7, 11) is 0. The average Bonchev–Trinajstić information content (AvgIpc) is 2.92. The highest BCUT2D eigenvalue weighted by atomic mass is 15.3. The molecule has 0 aliphatic carbocycles. The van der Waals surface area contributed by atoms with E-state index in [-0.39, 0.29) is 0 Å². The van der Waals surface area contributed by atoms with Crippen molar-refractivity contribution in [1.29, 1.82) is 0 Å². The first-order valence-electron chi connectivity index (χ1n) is 5.97. The fraction of sp³-hybridized carbons (Fsp3) is 0. The molecule has 19 heavy (non-hydrogen) atoms. The monoisotopic (exact) mass is 248 g/mol. The molecule has 3 aromatic heterocycles. The van der Waals surface area contributed by atoms with Crippen LogP contribution in [-0.4, -0.2) is 19.6 Å². The second kappa shape index (κ2) is 5.27. The predicted octanol–water partition coefficient (Wildman–Crippen LogP) is 2.85. The van der Waals surface area contributed by atoms with Crippen LogP contribution in [0.25, 0.3) is 17.8 Å². The van der Waals surface area contributed by atoms with Crippen molar-refractivity contribution < 1.29 is 0 Å². The molecule has 3 aromatic rings. The lowest BCUT2D eigenvalue weighted by atomic mass is 10.2. The van der Waals surface area contributed by atoms with Crippen molar-refractivity contribution in [3.8, 4) is 0 Å². The van der Waals surface area contributed by atoms with Gasteiger partial charge in [-0.25, -0.2) is 9.50 Å². The Hall–Kier alpha value is -2.75. The number of hydrogen-bond acceptors (Lipinski definition) is 3. The molecule has 0 atom stereocenters. The number of nitrogens with zero attached hydrogens (tertiary/aromatic N) is 4. The van der Waals surface area contributed by atoms with Gasteiger partial charge in [-0.3, -0.25) is 4.98 Å². The highest BCUT2D eigenvalue weighted by molar-refractivity contribution is 5.58. The Labute approximate surface area is 110 Å². The fourth-order valence-electron chi connectivity index (χ4n) is 1.73. The summed E-state index contributed by atoms with van der Waals surface area (Å²) in [5.74, 6) is 0. The van der Waals surface area contributed by atoms with Crippen LogP contribution in [0, 0.1) is 0 Å². The van der Waals surface area contributed by atoms with E-state index in [1.165, 1.54) is 0 Å². The first-order valence-corrected chi connectivity index (χ1v) is 5.97. The highest BCUT2D eigenvalue weighted by Gasteiger charge is 1.93. The summed E-state index contributed by atoms with van der Waals surface area (Å²) in [5.41, 5.74) is 2.88. The Bertz CT molecular complexity index is 726. The number of rotatable bonds is 3. The molecule has 0 aliphatic rings. The molecule has 0 unspecified atom stereocenters. The van der Waals surface area contributed by atoms with Crippen LogP contribution >= 0.6 is 0 Å². The van der Waals surface area contributed by atoms with E-state index in [9.17, 15) is 0 Å². The van der Waals surface area contributed by atoms with Crippen LogP contribution in [0.2, 0.25) is 0 Å². The van der Waals surface area contributed by atoms with Gasteiger partial charge in [-0.1, -0.05) is 24.3 Å². The first-order chi connectivity index (χ1) is 9.42. The van der Waals surface area contributed by atoms with Crippen molar-refractivity contribution >= 4 is 17.8 Å². The Morgan fingerprint density at radius 2 is 1.95 bits per heavy atom. The third-order valence-corrected chi connectivity index (χ3v) is 2.66. The zero-order chi connectivity index (χ0) is 12.9. The largest absolute Gasteiger partial charge is 0.257 e.